The van der Waals surface area contributed by atoms with E-state index in [2.05, 4.69) is 10.3 Å². The normalized spacial score (nSPS) is 12.1. The van der Waals surface area contributed by atoms with Crippen molar-refractivity contribution in [3.8, 4) is 5.75 Å². The van der Waals surface area contributed by atoms with Gasteiger partial charge in [-0.15, -0.1) is 0 Å². The average molecular weight is 214 g/mol. The van der Waals surface area contributed by atoms with E-state index in [1.807, 2.05) is 43.3 Å². The molecule has 1 aromatic carbocycles. The first-order valence-corrected chi connectivity index (χ1v) is 5.23. The topological polar surface area (TPSA) is 45.2 Å². The summed E-state index contributed by atoms with van der Waals surface area (Å²) < 4.78 is 0. The minimum atomic E-state index is 0.0242. The summed E-state index contributed by atoms with van der Waals surface area (Å²) in [4.78, 5) is 4.18. The molecule has 1 heterocycles. The highest BCUT2D eigenvalue weighted by Crippen LogP contribution is 2.25. The minimum Gasteiger partial charge on any atom is -0.508 e. The summed E-state index contributed by atoms with van der Waals surface area (Å²) >= 11 is 0. The molecule has 1 atom stereocenters. The van der Waals surface area contributed by atoms with E-state index in [4.69, 9.17) is 0 Å². The summed E-state index contributed by atoms with van der Waals surface area (Å²) in [6.45, 7) is 1.99. The Bertz CT molecular complexity index is 456. The number of nitrogens with zero attached hydrogens (tertiary/aromatic N) is 1. The predicted octanol–water partition coefficient (Wildman–Crippen LogP) is 2.96. The number of anilines is 1. The molecule has 0 aliphatic rings. The van der Waals surface area contributed by atoms with E-state index in [1.54, 1.807) is 12.3 Å². The van der Waals surface area contributed by atoms with Gasteiger partial charge in [-0.2, -0.15) is 0 Å². The molecule has 1 aromatic heterocycles. The third-order valence-corrected chi connectivity index (χ3v) is 2.43. The maximum atomic E-state index is 9.70. The van der Waals surface area contributed by atoms with Crippen LogP contribution in [-0.2, 0) is 0 Å². The van der Waals surface area contributed by atoms with Crippen LogP contribution < -0.4 is 5.32 Å². The van der Waals surface area contributed by atoms with Crippen molar-refractivity contribution in [2.24, 2.45) is 0 Å². The van der Waals surface area contributed by atoms with Crippen molar-refractivity contribution in [3.63, 3.8) is 0 Å². The molecule has 0 aliphatic carbocycles. The highest BCUT2D eigenvalue weighted by molar-refractivity contribution is 5.41. The molecule has 0 bridgehead atoms. The lowest BCUT2D eigenvalue weighted by molar-refractivity contribution is 0.465. The smallest absolute Gasteiger partial charge is 0.126 e. The maximum absolute atomic E-state index is 9.70. The summed E-state index contributed by atoms with van der Waals surface area (Å²) in [5.41, 5.74) is 0.869. The Labute approximate surface area is 94.8 Å². The van der Waals surface area contributed by atoms with E-state index >= 15 is 0 Å². The highest BCUT2D eigenvalue weighted by Gasteiger charge is 2.09. The largest absolute Gasteiger partial charge is 0.508 e. The number of benzene rings is 1. The van der Waals surface area contributed by atoms with E-state index in [0.717, 1.165) is 11.4 Å². The molecule has 0 amide bonds. The lowest BCUT2D eigenvalue weighted by Gasteiger charge is -2.15. The third kappa shape index (κ3) is 2.31. The molecule has 0 spiro atoms. The SMILES string of the molecule is CC(Nc1ccccn1)c1ccccc1O. The molecular formula is C13H14N2O. The number of hydrogen-bond donors (Lipinski definition) is 2. The molecule has 0 aliphatic heterocycles. The Kier molecular flexibility index (Phi) is 3.05. The summed E-state index contributed by atoms with van der Waals surface area (Å²) in [7, 11) is 0. The quantitative estimate of drug-likeness (QED) is 0.825. The van der Waals surface area contributed by atoms with Crippen LogP contribution in [0.5, 0.6) is 5.75 Å². The molecule has 16 heavy (non-hydrogen) atoms. The first-order chi connectivity index (χ1) is 7.77. The molecule has 0 saturated carbocycles. The van der Waals surface area contributed by atoms with Crippen LogP contribution in [0.3, 0.4) is 0 Å². The van der Waals surface area contributed by atoms with Crippen LogP contribution in [0, 0.1) is 0 Å². The van der Waals surface area contributed by atoms with Crippen LogP contribution >= 0.6 is 0 Å². The molecule has 0 radical (unpaired) electrons. The van der Waals surface area contributed by atoms with E-state index in [9.17, 15) is 5.11 Å². The van der Waals surface area contributed by atoms with Gasteiger partial charge in [-0.25, -0.2) is 4.98 Å². The first-order valence-electron chi connectivity index (χ1n) is 5.23. The molecule has 3 nitrogen and oxygen atoms in total. The Morgan fingerprint density at radius 1 is 1.12 bits per heavy atom. The number of phenolic OH excluding ortho intramolecular Hbond substituents is 1. The second-order valence-electron chi connectivity index (χ2n) is 3.64. The lowest BCUT2D eigenvalue weighted by atomic mass is 10.1. The van der Waals surface area contributed by atoms with Gasteiger partial charge in [0.15, 0.2) is 0 Å². The maximum Gasteiger partial charge on any atom is 0.126 e. The van der Waals surface area contributed by atoms with Crippen molar-refractivity contribution in [2.45, 2.75) is 13.0 Å². The standard InChI is InChI=1S/C13H14N2O/c1-10(11-6-2-3-7-12(11)16)15-13-8-4-5-9-14-13/h2-10,16H,1H3,(H,14,15). The van der Waals surface area contributed by atoms with E-state index in [1.165, 1.54) is 0 Å². The van der Waals surface area contributed by atoms with Crippen molar-refractivity contribution >= 4 is 5.82 Å². The molecule has 2 aromatic rings. The number of aromatic hydroxyl groups is 1. The Morgan fingerprint density at radius 3 is 2.56 bits per heavy atom. The van der Waals surface area contributed by atoms with Gasteiger partial charge < -0.3 is 10.4 Å². The summed E-state index contributed by atoms with van der Waals surface area (Å²) in [5.74, 6) is 1.11. The molecule has 1 unspecified atom stereocenters. The van der Waals surface area contributed by atoms with Crippen LogP contribution in [0.4, 0.5) is 5.82 Å². The zero-order valence-corrected chi connectivity index (χ0v) is 9.09. The van der Waals surface area contributed by atoms with Crippen molar-refractivity contribution in [1.29, 1.82) is 0 Å². The van der Waals surface area contributed by atoms with E-state index in [-0.39, 0.29) is 6.04 Å². The summed E-state index contributed by atoms with van der Waals surface area (Å²) in [5, 5.41) is 12.9. The number of phenols is 1. The molecule has 82 valence electrons. The number of aromatic nitrogens is 1. The Morgan fingerprint density at radius 2 is 1.88 bits per heavy atom. The number of pyridine rings is 1. The van der Waals surface area contributed by atoms with Gasteiger partial charge in [0.2, 0.25) is 0 Å². The van der Waals surface area contributed by atoms with Crippen molar-refractivity contribution in [1.82, 2.24) is 4.98 Å². The van der Waals surface area contributed by atoms with E-state index < -0.39 is 0 Å². The van der Waals surface area contributed by atoms with Gasteiger partial charge in [-0.1, -0.05) is 24.3 Å². The second kappa shape index (κ2) is 4.66. The minimum absolute atomic E-state index is 0.0242. The summed E-state index contributed by atoms with van der Waals surface area (Å²) in [6.07, 6.45) is 1.74. The second-order valence-corrected chi connectivity index (χ2v) is 3.64. The van der Waals surface area contributed by atoms with Gasteiger partial charge in [-0.05, 0) is 25.1 Å². The summed E-state index contributed by atoms with van der Waals surface area (Å²) in [6, 6.07) is 13.0. The van der Waals surface area contributed by atoms with Crippen molar-refractivity contribution in [3.05, 3.63) is 54.2 Å². The van der Waals surface area contributed by atoms with Gasteiger partial charge in [0, 0.05) is 11.8 Å². The fraction of sp³-hybridized carbons (Fsp3) is 0.154. The van der Waals surface area contributed by atoms with Crippen LogP contribution in [0.15, 0.2) is 48.7 Å². The van der Waals surface area contributed by atoms with Gasteiger partial charge >= 0.3 is 0 Å². The monoisotopic (exact) mass is 214 g/mol. The third-order valence-electron chi connectivity index (χ3n) is 2.43. The molecule has 3 heteroatoms. The molecule has 0 saturated heterocycles. The molecule has 2 rings (SSSR count). The van der Waals surface area contributed by atoms with Gasteiger partial charge in [0.25, 0.3) is 0 Å². The van der Waals surface area contributed by atoms with Crippen LogP contribution in [0.25, 0.3) is 0 Å². The highest BCUT2D eigenvalue weighted by atomic mass is 16.3. The van der Waals surface area contributed by atoms with Gasteiger partial charge in [-0.3, -0.25) is 0 Å². The number of hydrogen-bond acceptors (Lipinski definition) is 3. The first kappa shape index (κ1) is 10.5. The van der Waals surface area contributed by atoms with Crippen LogP contribution in [0.2, 0.25) is 0 Å². The molecular weight excluding hydrogens is 200 g/mol. The van der Waals surface area contributed by atoms with Gasteiger partial charge in [0.1, 0.15) is 11.6 Å². The fourth-order valence-electron chi connectivity index (χ4n) is 1.60. The number of para-hydroxylation sites is 1. The van der Waals surface area contributed by atoms with Crippen molar-refractivity contribution in [2.75, 3.05) is 5.32 Å². The molecule has 2 N–H and O–H groups in total. The Hall–Kier alpha value is -2.03. The van der Waals surface area contributed by atoms with Crippen molar-refractivity contribution < 1.29 is 5.11 Å². The van der Waals surface area contributed by atoms with Crippen LogP contribution in [-0.4, -0.2) is 10.1 Å². The van der Waals surface area contributed by atoms with Gasteiger partial charge in [0.05, 0.1) is 6.04 Å². The van der Waals surface area contributed by atoms with Crippen LogP contribution in [0.1, 0.15) is 18.5 Å². The number of rotatable bonds is 3. The predicted molar refractivity (Wildman–Crippen MR) is 64.4 cm³/mol. The zero-order valence-electron chi connectivity index (χ0n) is 9.09. The zero-order chi connectivity index (χ0) is 11.4. The van der Waals surface area contributed by atoms with E-state index in [0.29, 0.717) is 5.75 Å². The fourth-order valence-corrected chi connectivity index (χ4v) is 1.60. The number of nitrogens with one attached hydrogen (secondary N) is 1. The molecule has 0 fully saturated rings. The Balaban J connectivity index is 2.15. The lowest BCUT2D eigenvalue weighted by Crippen LogP contribution is -2.07. The average Bonchev–Trinajstić information content (AvgIpc) is 2.31.